The number of nitrogens with zero attached hydrogens (tertiary/aromatic N) is 2. The number of hydrogen-bond donors (Lipinski definition) is 0. The van der Waals surface area contributed by atoms with E-state index >= 15 is 0 Å². The summed E-state index contributed by atoms with van der Waals surface area (Å²) in [7, 11) is 0. The Kier molecular flexibility index (Phi) is 3.19. The van der Waals surface area contributed by atoms with Gasteiger partial charge in [-0.05, 0) is 42.7 Å². The molecule has 0 aromatic heterocycles. The Morgan fingerprint density at radius 2 is 1.71 bits per heavy atom. The highest BCUT2D eigenvalue weighted by Gasteiger charge is 2.41. The third-order valence-electron chi connectivity index (χ3n) is 4.52. The number of hydrogen-bond acceptors (Lipinski definition) is 2. The summed E-state index contributed by atoms with van der Waals surface area (Å²) in [6.45, 7) is 0. The van der Waals surface area contributed by atoms with E-state index in [2.05, 4.69) is 47.5 Å². The van der Waals surface area contributed by atoms with E-state index in [1.807, 2.05) is 12.1 Å². The van der Waals surface area contributed by atoms with Gasteiger partial charge in [0, 0.05) is 10.9 Å². The Bertz CT molecular complexity index is 663. The molecule has 1 fully saturated rings. The molecular weight excluding hydrogens is 280 g/mol. The first-order chi connectivity index (χ1) is 10.3. The number of fused-ring (bicyclic) bond motifs is 1. The fourth-order valence-electron chi connectivity index (χ4n) is 3.54. The molecule has 21 heavy (non-hydrogen) atoms. The summed E-state index contributed by atoms with van der Waals surface area (Å²) >= 11 is 6.00. The molecule has 1 aliphatic carbocycles. The van der Waals surface area contributed by atoms with E-state index in [0.717, 1.165) is 10.7 Å². The minimum atomic E-state index is 0.501. The van der Waals surface area contributed by atoms with Crippen molar-refractivity contribution in [2.75, 3.05) is 5.01 Å². The fraction of sp³-hybridized carbons (Fsp3) is 0.278. The van der Waals surface area contributed by atoms with Crippen LogP contribution in [0.3, 0.4) is 0 Å². The van der Waals surface area contributed by atoms with Crippen LogP contribution in [0.4, 0.5) is 5.69 Å². The molecule has 1 aliphatic heterocycles. The highest BCUT2D eigenvalue weighted by Crippen LogP contribution is 2.40. The van der Waals surface area contributed by atoms with Crippen LogP contribution in [0.1, 0.15) is 24.8 Å². The standard InChI is InChI=1S/C18H17ClN2/c19-14-9-11-15(12-10-14)21-17-8-4-7-16(17)18(20-21)13-5-2-1-3-6-13/h1-3,5-6,9-12,16-17H,4,7-8H2/t16-,17-/m1/s1. The molecule has 0 N–H and O–H groups in total. The monoisotopic (exact) mass is 296 g/mol. The van der Waals surface area contributed by atoms with Crippen molar-refractivity contribution in [1.29, 1.82) is 0 Å². The van der Waals surface area contributed by atoms with Crippen LogP contribution < -0.4 is 5.01 Å². The lowest BCUT2D eigenvalue weighted by Gasteiger charge is -2.22. The maximum atomic E-state index is 6.00. The molecule has 2 atom stereocenters. The normalized spacial score (nSPS) is 24.0. The van der Waals surface area contributed by atoms with Gasteiger partial charge in [0.25, 0.3) is 0 Å². The Morgan fingerprint density at radius 3 is 2.48 bits per heavy atom. The van der Waals surface area contributed by atoms with E-state index in [1.165, 1.54) is 30.5 Å². The molecule has 2 aromatic carbocycles. The van der Waals surface area contributed by atoms with Crippen LogP contribution in [-0.4, -0.2) is 11.8 Å². The molecule has 2 aromatic rings. The van der Waals surface area contributed by atoms with Crippen molar-refractivity contribution in [2.24, 2.45) is 11.0 Å². The molecule has 0 spiro atoms. The van der Waals surface area contributed by atoms with E-state index in [9.17, 15) is 0 Å². The van der Waals surface area contributed by atoms with Crippen molar-refractivity contribution in [3.63, 3.8) is 0 Å². The second kappa shape index (κ2) is 5.19. The van der Waals surface area contributed by atoms with Gasteiger partial charge in [-0.1, -0.05) is 48.4 Å². The predicted octanol–water partition coefficient (Wildman–Crippen LogP) is 4.73. The van der Waals surface area contributed by atoms with Crippen LogP contribution in [0.5, 0.6) is 0 Å². The Hall–Kier alpha value is -1.80. The van der Waals surface area contributed by atoms with Crippen molar-refractivity contribution in [3.8, 4) is 0 Å². The molecule has 0 amide bonds. The number of halogens is 1. The van der Waals surface area contributed by atoms with Gasteiger partial charge >= 0.3 is 0 Å². The van der Waals surface area contributed by atoms with Gasteiger partial charge in [0.15, 0.2) is 0 Å². The molecule has 4 rings (SSSR count). The van der Waals surface area contributed by atoms with Gasteiger partial charge in [0.2, 0.25) is 0 Å². The zero-order valence-corrected chi connectivity index (χ0v) is 12.5. The highest BCUT2D eigenvalue weighted by atomic mass is 35.5. The Morgan fingerprint density at radius 1 is 0.952 bits per heavy atom. The number of anilines is 1. The average Bonchev–Trinajstić information content (AvgIpc) is 3.11. The van der Waals surface area contributed by atoms with Crippen LogP contribution in [0.15, 0.2) is 59.7 Å². The van der Waals surface area contributed by atoms with Crippen LogP contribution >= 0.6 is 11.6 Å². The van der Waals surface area contributed by atoms with Crippen molar-refractivity contribution in [3.05, 3.63) is 65.2 Å². The smallest absolute Gasteiger partial charge is 0.0734 e. The molecule has 2 nitrogen and oxygen atoms in total. The SMILES string of the molecule is Clc1ccc(N2N=C(c3ccccc3)[C@@H]3CCC[C@H]32)cc1. The molecule has 106 valence electrons. The van der Waals surface area contributed by atoms with E-state index < -0.39 is 0 Å². The lowest BCUT2D eigenvalue weighted by Crippen LogP contribution is -2.29. The molecule has 1 saturated carbocycles. The number of rotatable bonds is 2. The zero-order chi connectivity index (χ0) is 14.2. The lowest BCUT2D eigenvalue weighted by molar-refractivity contribution is 0.602. The molecule has 0 saturated heterocycles. The van der Waals surface area contributed by atoms with Crippen LogP contribution in [0, 0.1) is 5.92 Å². The van der Waals surface area contributed by atoms with Gasteiger partial charge in [-0.15, -0.1) is 0 Å². The highest BCUT2D eigenvalue weighted by molar-refractivity contribution is 6.30. The first-order valence-electron chi connectivity index (χ1n) is 7.51. The molecule has 0 unspecified atom stereocenters. The van der Waals surface area contributed by atoms with E-state index in [0.29, 0.717) is 12.0 Å². The quantitative estimate of drug-likeness (QED) is 0.782. The summed E-state index contributed by atoms with van der Waals surface area (Å²) < 4.78 is 0. The number of hydrazone groups is 1. The van der Waals surface area contributed by atoms with Gasteiger partial charge in [-0.25, -0.2) is 0 Å². The molecule has 1 heterocycles. The minimum Gasteiger partial charge on any atom is -0.262 e. The molecule has 0 bridgehead atoms. The first kappa shape index (κ1) is 12.9. The third kappa shape index (κ3) is 2.24. The summed E-state index contributed by atoms with van der Waals surface area (Å²) in [5.41, 5.74) is 3.64. The average molecular weight is 297 g/mol. The van der Waals surface area contributed by atoms with Crippen molar-refractivity contribution < 1.29 is 0 Å². The van der Waals surface area contributed by atoms with E-state index in [4.69, 9.17) is 16.7 Å². The second-order valence-corrected chi connectivity index (χ2v) is 6.21. The topological polar surface area (TPSA) is 15.6 Å². The van der Waals surface area contributed by atoms with Crippen LogP contribution in [-0.2, 0) is 0 Å². The third-order valence-corrected chi connectivity index (χ3v) is 4.77. The Balaban J connectivity index is 1.74. The Labute approximate surface area is 130 Å². The van der Waals surface area contributed by atoms with Crippen LogP contribution in [0.2, 0.25) is 5.02 Å². The largest absolute Gasteiger partial charge is 0.262 e. The van der Waals surface area contributed by atoms with Gasteiger partial charge < -0.3 is 0 Å². The molecule has 3 heteroatoms. The van der Waals surface area contributed by atoms with E-state index in [-0.39, 0.29) is 0 Å². The summed E-state index contributed by atoms with van der Waals surface area (Å²) in [5.74, 6) is 0.558. The van der Waals surface area contributed by atoms with Gasteiger partial charge in [-0.3, -0.25) is 5.01 Å². The summed E-state index contributed by atoms with van der Waals surface area (Å²) in [5, 5.41) is 7.93. The maximum absolute atomic E-state index is 6.00. The van der Waals surface area contributed by atoms with Gasteiger partial charge in [0.05, 0.1) is 17.4 Å². The molecule has 0 radical (unpaired) electrons. The predicted molar refractivity (Wildman–Crippen MR) is 88.0 cm³/mol. The second-order valence-electron chi connectivity index (χ2n) is 5.78. The molecular formula is C18H17ClN2. The van der Waals surface area contributed by atoms with Crippen molar-refractivity contribution in [2.45, 2.75) is 25.3 Å². The van der Waals surface area contributed by atoms with Crippen molar-refractivity contribution in [1.82, 2.24) is 0 Å². The van der Waals surface area contributed by atoms with Gasteiger partial charge in [0.1, 0.15) is 0 Å². The summed E-state index contributed by atoms with van der Waals surface area (Å²) in [6, 6.07) is 19.1. The maximum Gasteiger partial charge on any atom is 0.0734 e. The van der Waals surface area contributed by atoms with E-state index in [1.54, 1.807) is 0 Å². The summed E-state index contributed by atoms with van der Waals surface area (Å²) in [6.07, 6.45) is 3.74. The summed E-state index contributed by atoms with van der Waals surface area (Å²) in [4.78, 5) is 0. The van der Waals surface area contributed by atoms with Crippen LogP contribution in [0.25, 0.3) is 0 Å². The lowest BCUT2D eigenvalue weighted by atomic mass is 9.93. The minimum absolute atomic E-state index is 0.501. The van der Waals surface area contributed by atoms with Crippen molar-refractivity contribution >= 4 is 23.0 Å². The number of benzene rings is 2. The fourth-order valence-corrected chi connectivity index (χ4v) is 3.67. The molecule has 2 aliphatic rings. The zero-order valence-electron chi connectivity index (χ0n) is 11.7. The van der Waals surface area contributed by atoms with Gasteiger partial charge in [-0.2, -0.15) is 5.10 Å². The first-order valence-corrected chi connectivity index (χ1v) is 7.89.